The lowest BCUT2D eigenvalue weighted by molar-refractivity contribution is 0.601. The Balaban J connectivity index is 2.88. The van der Waals surface area contributed by atoms with Gasteiger partial charge in [0.05, 0.1) is 0 Å². The molecule has 2 heterocycles. The number of sulfone groups is 1. The first-order valence-electron chi connectivity index (χ1n) is 4.92. The molecule has 0 saturated heterocycles. The van der Waals surface area contributed by atoms with Gasteiger partial charge in [-0.05, 0) is 13.8 Å². The summed E-state index contributed by atoms with van der Waals surface area (Å²) in [5.41, 5.74) is -0.163. The molecule has 0 N–H and O–H groups in total. The van der Waals surface area contributed by atoms with Gasteiger partial charge in [-0.1, -0.05) is 11.3 Å². The fourth-order valence-corrected chi connectivity index (χ4v) is 3.33. The largest absolute Gasteiger partial charge is 0.295 e. The van der Waals surface area contributed by atoms with Crippen molar-refractivity contribution in [3.63, 3.8) is 0 Å². The van der Waals surface area contributed by atoms with Crippen molar-refractivity contribution in [3.05, 3.63) is 16.2 Å². The van der Waals surface area contributed by atoms with Crippen LogP contribution in [0.2, 0.25) is 0 Å². The van der Waals surface area contributed by atoms with E-state index in [1.165, 1.54) is 4.57 Å². The highest BCUT2D eigenvalue weighted by molar-refractivity contribution is 7.92. The lowest BCUT2D eigenvalue weighted by atomic mass is 10.5. The summed E-state index contributed by atoms with van der Waals surface area (Å²) in [4.78, 5) is 20.4. The van der Waals surface area contributed by atoms with Crippen molar-refractivity contribution in [3.8, 4) is 0 Å². The quantitative estimate of drug-likeness (QED) is 0.799. The number of hydrogen-bond donors (Lipinski definition) is 0. The molecule has 17 heavy (non-hydrogen) atoms. The molecule has 0 bridgehead atoms. The third kappa shape index (κ3) is 1.98. The van der Waals surface area contributed by atoms with Crippen LogP contribution in [0.25, 0.3) is 10.3 Å². The topological polar surface area (TPSA) is 81.9 Å². The average molecular weight is 273 g/mol. The molecule has 0 aliphatic heterocycles. The van der Waals surface area contributed by atoms with Gasteiger partial charge in [-0.2, -0.15) is 0 Å². The maximum atomic E-state index is 12.0. The SMILES string of the molecule is CCn1c(C)nc2sc(S(C)(=O)=O)nc2c1=O. The van der Waals surface area contributed by atoms with Gasteiger partial charge in [0.1, 0.15) is 5.82 Å². The lowest BCUT2D eigenvalue weighted by Gasteiger charge is -2.03. The lowest BCUT2D eigenvalue weighted by Crippen LogP contribution is -2.22. The van der Waals surface area contributed by atoms with Gasteiger partial charge in [0.25, 0.3) is 5.56 Å². The first kappa shape index (κ1) is 12.2. The summed E-state index contributed by atoms with van der Waals surface area (Å²) in [5, 5.41) is 0. The highest BCUT2D eigenvalue weighted by Crippen LogP contribution is 2.21. The van der Waals surface area contributed by atoms with Crippen LogP contribution in [-0.4, -0.2) is 29.2 Å². The summed E-state index contributed by atoms with van der Waals surface area (Å²) in [5.74, 6) is 0.564. The van der Waals surface area contributed by atoms with E-state index in [-0.39, 0.29) is 15.4 Å². The molecule has 0 saturated carbocycles. The molecule has 6 nitrogen and oxygen atoms in total. The molecule has 0 unspecified atom stereocenters. The molecule has 0 amide bonds. The molecule has 0 aromatic carbocycles. The Kier molecular flexibility index (Phi) is 2.78. The zero-order chi connectivity index (χ0) is 12.8. The van der Waals surface area contributed by atoms with Gasteiger partial charge in [-0.25, -0.2) is 18.4 Å². The van der Waals surface area contributed by atoms with Gasteiger partial charge in [0, 0.05) is 12.8 Å². The average Bonchev–Trinajstić information content (AvgIpc) is 2.61. The molecule has 2 aromatic heterocycles. The van der Waals surface area contributed by atoms with Gasteiger partial charge in [0.2, 0.25) is 14.2 Å². The first-order chi connectivity index (χ1) is 7.84. The van der Waals surface area contributed by atoms with Gasteiger partial charge < -0.3 is 0 Å². The maximum Gasteiger partial charge on any atom is 0.280 e. The number of fused-ring (bicyclic) bond motifs is 1. The van der Waals surface area contributed by atoms with E-state index in [2.05, 4.69) is 9.97 Å². The summed E-state index contributed by atoms with van der Waals surface area (Å²) < 4.78 is 24.1. The third-order valence-electron chi connectivity index (χ3n) is 2.32. The summed E-state index contributed by atoms with van der Waals surface area (Å²) in [6.45, 7) is 4.02. The summed E-state index contributed by atoms with van der Waals surface area (Å²) in [7, 11) is -3.39. The highest BCUT2D eigenvalue weighted by Gasteiger charge is 2.18. The normalized spacial score (nSPS) is 12.2. The molecule has 92 valence electrons. The van der Waals surface area contributed by atoms with Gasteiger partial charge in [0.15, 0.2) is 10.3 Å². The smallest absolute Gasteiger partial charge is 0.280 e. The molecule has 2 rings (SSSR count). The van der Waals surface area contributed by atoms with E-state index in [9.17, 15) is 13.2 Å². The summed E-state index contributed by atoms with van der Waals surface area (Å²) >= 11 is 0.928. The van der Waals surface area contributed by atoms with Crippen LogP contribution in [0.5, 0.6) is 0 Å². The second kappa shape index (κ2) is 3.88. The van der Waals surface area contributed by atoms with Crippen LogP contribution < -0.4 is 5.56 Å². The Morgan fingerprint density at radius 1 is 1.35 bits per heavy atom. The molecule has 0 fully saturated rings. The van der Waals surface area contributed by atoms with Crippen LogP contribution in [0.1, 0.15) is 12.7 Å². The van der Waals surface area contributed by atoms with Crippen molar-refractivity contribution in [2.75, 3.05) is 6.26 Å². The summed E-state index contributed by atoms with van der Waals surface area (Å²) in [6, 6.07) is 0. The Morgan fingerprint density at radius 2 is 2.00 bits per heavy atom. The van der Waals surface area contributed by atoms with E-state index in [0.29, 0.717) is 17.2 Å². The van der Waals surface area contributed by atoms with Crippen LogP contribution in [0.15, 0.2) is 9.13 Å². The molecule has 0 aliphatic carbocycles. The van der Waals surface area contributed by atoms with Crippen molar-refractivity contribution in [2.24, 2.45) is 0 Å². The second-order valence-corrected chi connectivity index (χ2v) is 6.78. The molecular weight excluding hydrogens is 262 g/mol. The third-order valence-corrected chi connectivity index (χ3v) is 4.95. The molecule has 0 aliphatic rings. The number of thiazole rings is 1. The number of aromatic nitrogens is 3. The van der Waals surface area contributed by atoms with Crippen molar-refractivity contribution >= 4 is 31.5 Å². The van der Waals surface area contributed by atoms with E-state index < -0.39 is 9.84 Å². The fourth-order valence-electron chi connectivity index (χ4n) is 1.52. The van der Waals surface area contributed by atoms with E-state index in [4.69, 9.17) is 0 Å². The Hall–Kier alpha value is -1.28. The molecule has 0 atom stereocenters. The molecule has 8 heteroatoms. The summed E-state index contributed by atoms with van der Waals surface area (Å²) in [6.07, 6.45) is 1.07. The zero-order valence-electron chi connectivity index (χ0n) is 9.59. The minimum absolute atomic E-state index is 0.0645. The first-order valence-corrected chi connectivity index (χ1v) is 7.63. The van der Waals surface area contributed by atoms with E-state index >= 15 is 0 Å². The van der Waals surface area contributed by atoms with E-state index in [1.807, 2.05) is 6.92 Å². The Morgan fingerprint density at radius 3 is 2.53 bits per heavy atom. The number of hydrogen-bond acceptors (Lipinski definition) is 6. The van der Waals surface area contributed by atoms with Crippen molar-refractivity contribution in [2.45, 2.75) is 24.7 Å². The van der Waals surface area contributed by atoms with Crippen LogP contribution in [0, 0.1) is 6.92 Å². The molecule has 0 radical (unpaired) electrons. The monoisotopic (exact) mass is 273 g/mol. The van der Waals surface area contributed by atoms with Crippen molar-refractivity contribution < 1.29 is 8.42 Å². The van der Waals surface area contributed by atoms with Gasteiger partial charge in [-0.15, -0.1) is 0 Å². The van der Waals surface area contributed by atoms with Crippen LogP contribution in [0.3, 0.4) is 0 Å². The second-order valence-electron chi connectivity index (χ2n) is 3.61. The standard InChI is InChI=1S/C9H11N3O3S2/c1-4-12-5(2)10-7-6(8(12)13)11-9(16-7)17(3,14)15/h4H2,1-3H3. The number of aryl methyl sites for hydroxylation is 1. The zero-order valence-corrected chi connectivity index (χ0v) is 11.2. The van der Waals surface area contributed by atoms with Crippen molar-refractivity contribution in [1.29, 1.82) is 0 Å². The molecule has 0 spiro atoms. The fraction of sp³-hybridized carbons (Fsp3) is 0.444. The minimum atomic E-state index is -3.39. The Bertz CT molecular complexity index is 743. The van der Waals surface area contributed by atoms with Crippen LogP contribution in [-0.2, 0) is 16.4 Å². The van der Waals surface area contributed by atoms with Crippen LogP contribution >= 0.6 is 11.3 Å². The highest BCUT2D eigenvalue weighted by atomic mass is 32.2. The van der Waals surface area contributed by atoms with Crippen molar-refractivity contribution in [1.82, 2.24) is 14.5 Å². The molecular formula is C9H11N3O3S2. The predicted octanol–water partition coefficient (Wildman–Crippen LogP) is 0.585. The Labute approximate surface area is 102 Å². The van der Waals surface area contributed by atoms with Gasteiger partial charge in [-0.3, -0.25) is 9.36 Å². The van der Waals surface area contributed by atoms with Gasteiger partial charge >= 0.3 is 0 Å². The molecule has 2 aromatic rings. The predicted molar refractivity (Wildman–Crippen MR) is 65.2 cm³/mol. The van der Waals surface area contributed by atoms with E-state index in [0.717, 1.165) is 17.6 Å². The number of rotatable bonds is 2. The van der Waals surface area contributed by atoms with E-state index in [1.54, 1.807) is 6.92 Å². The number of nitrogens with zero attached hydrogens (tertiary/aromatic N) is 3. The minimum Gasteiger partial charge on any atom is -0.295 e. The maximum absolute atomic E-state index is 12.0. The van der Waals surface area contributed by atoms with Crippen LogP contribution in [0.4, 0.5) is 0 Å².